The van der Waals surface area contributed by atoms with Crippen molar-refractivity contribution in [2.24, 2.45) is 0 Å². The van der Waals surface area contributed by atoms with Gasteiger partial charge in [0.05, 0.1) is 6.16 Å². The number of ketones is 1. The first-order valence-electron chi connectivity index (χ1n) is 9.85. The van der Waals surface area contributed by atoms with Crippen molar-refractivity contribution in [3.63, 3.8) is 0 Å². The number of carbonyl (C=O) groups is 1. The van der Waals surface area contributed by atoms with Gasteiger partial charge in [0.25, 0.3) is 0 Å². The van der Waals surface area contributed by atoms with Gasteiger partial charge in [-0.3, -0.25) is 4.79 Å². The minimum absolute atomic E-state index is 0. The molecule has 3 heteroatoms. The zero-order chi connectivity index (χ0) is 20.1. The lowest BCUT2D eigenvalue weighted by Crippen LogP contribution is -3.00. The zero-order valence-corrected chi connectivity index (χ0v) is 20.0. The second-order valence-electron chi connectivity index (χ2n) is 7.23. The van der Waals surface area contributed by atoms with Crippen LogP contribution in [0, 0.1) is 0 Å². The maximum atomic E-state index is 11.7. The highest BCUT2D eigenvalue weighted by atomic mass is 127. The van der Waals surface area contributed by atoms with Crippen molar-refractivity contribution in [3.8, 4) is 0 Å². The molecule has 0 aliphatic rings. The predicted molar refractivity (Wildman–Crippen MR) is 125 cm³/mol. The topological polar surface area (TPSA) is 17.1 Å². The monoisotopic (exact) mass is 522 g/mol. The van der Waals surface area contributed by atoms with Crippen molar-refractivity contribution in [2.45, 2.75) is 13.1 Å². The number of rotatable bonds is 6. The van der Waals surface area contributed by atoms with Crippen LogP contribution < -0.4 is 39.9 Å². The highest BCUT2D eigenvalue weighted by Gasteiger charge is 2.45. The number of Topliss-reactive ketones (excluding diaryl/α,β-unsaturated/α-hetero) is 1. The number of carbonyl (C=O) groups excluding carboxylic acids is 1. The minimum Gasteiger partial charge on any atom is -1.00 e. The van der Waals surface area contributed by atoms with Crippen LogP contribution in [0.1, 0.15) is 22.8 Å². The molecule has 0 aliphatic carbocycles. The molecule has 4 rings (SSSR count). The fourth-order valence-electron chi connectivity index (χ4n) is 3.89. The van der Waals surface area contributed by atoms with Gasteiger partial charge in [-0.2, -0.15) is 0 Å². The average molecular weight is 522 g/mol. The summed E-state index contributed by atoms with van der Waals surface area (Å²) in [6.45, 7) is 1.62. The van der Waals surface area contributed by atoms with Crippen LogP contribution in [-0.4, -0.2) is 5.78 Å². The van der Waals surface area contributed by atoms with Crippen molar-refractivity contribution in [3.05, 3.63) is 126 Å². The van der Waals surface area contributed by atoms with Crippen LogP contribution in [0.5, 0.6) is 0 Å². The quantitative estimate of drug-likeness (QED) is 0.216. The van der Waals surface area contributed by atoms with Crippen LogP contribution in [0.4, 0.5) is 0 Å². The van der Waals surface area contributed by atoms with E-state index in [4.69, 9.17) is 0 Å². The Morgan fingerprint density at radius 3 is 1.30 bits per heavy atom. The molecule has 0 heterocycles. The second kappa shape index (κ2) is 10.1. The molecule has 0 saturated heterocycles. The lowest BCUT2D eigenvalue weighted by molar-refractivity contribution is -0.0000137. The molecule has 1 nitrogen and oxygen atoms in total. The molecular weight excluding hydrogens is 498 g/mol. The Morgan fingerprint density at radius 1 is 0.600 bits per heavy atom. The highest BCUT2D eigenvalue weighted by molar-refractivity contribution is 7.95. The van der Waals surface area contributed by atoms with Crippen LogP contribution in [-0.2, 0) is 6.16 Å². The van der Waals surface area contributed by atoms with Gasteiger partial charge in [0.2, 0.25) is 0 Å². The molecule has 0 aliphatic heterocycles. The van der Waals surface area contributed by atoms with Crippen molar-refractivity contribution < 1.29 is 28.8 Å². The molecule has 0 bridgehead atoms. The summed E-state index contributed by atoms with van der Waals surface area (Å²) in [7, 11) is -1.90. The minimum atomic E-state index is -1.90. The Kier molecular flexibility index (Phi) is 7.58. The van der Waals surface area contributed by atoms with E-state index in [1.165, 1.54) is 21.5 Å². The number of hydrogen-bond donors (Lipinski definition) is 0. The number of hydrogen-bond acceptors (Lipinski definition) is 1. The van der Waals surface area contributed by atoms with Crippen LogP contribution in [0.15, 0.2) is 115 Å². The summed E-state index contributed by atoms with van der Waals surface area (Å²) in [5.41, 5.74) is 2.01. The Morgan fingerprint density at radius 2 is 0.967 bits per heavy atom. The summed E-state index contributed by atoms with van der Waals surface area (Å²) >= 11 is 0. The molecule has 0 N–H and O–H groups in total. The van der Waals surface area contributed by atoms with Gasteiger partial charge in [-0.1, -0.05) is 78.9 Å². The fourth-order valence-corrected chi connectivity index (χ4v) is 8.13. The van der Waals surface area contributed by atoms with E-state index in [-0.39, 0.29) is 29.8 Å². The Hall–Kier alpha value is -2.29. The Balaban J connectivity index is 0.00000256. The van der Waals surface area contributed by atoms with E-state index in [0.29, 0.717) is 0 Å². The lowest BCUT2D eigenvalue weighted by Gasteiger charge is -2.27. The van der Waals surface area contributed by atoms with E-state index in [1.807, 2.05) is 12.1 Å². The Labute approximate surface area is 196 Å². The second-order valence-corrected chi connectivity index (χ2v) is 10.7. The van der Waals surface area contributed by atoms with Gasteiger partial charge in [0, 0.05) is 5.56 Å². The van der Waals surface area contributed by atoms with Crippen molar-refractivity contribution in [1.29, 1.82) is 0 Å². The summed E-state index contributed by atoms with van der Waals surface area (Å²) in [5, 5.41) is 4.11. The van der Waals surface area contributed by atoms with E-state index in [1.54, 1.807) is 6.92 Å². The van der Waals surface area contributed by atoms with Crippen LogP contribution in [0.2, 0.25) is 0 Å². The van der Waals surface area contributed by atoms with E-state index >= 15 is 0 Å². The molecule has 0 atom stereocenters. The normalized spacial score (nSPS) is 10.8. The SMILES string of the molecule is CC(=O)c1ccc(C[P+](c2ccccc2)(c2ccccc2)c2ccccc2)cc1.[I-]. The van der Waals surface area contributed by atoms with Gasteiger partial charge < -0.3 is 24.0 Å². The van der Waals surface area contributed by atoms with Gasteiger partial charge >= 0.3 is 0 Å². The predicted octanol–water partition coefficient (Wildman–Crippen LogP) is 2.39. The summed E-state index contributed by atoms with van der Waals surface area (Å²) in [4.78, 5) is 11.7. The first-order chi connectivity index (χ1) is 14.2. The number of halogens is 1. The first kappa shape index (κ1) is 22.4. The summed E-state index contributed by atoms with van der Waals surface area (Å²) < 4.78 is 0. The van der Waals surface area contributed by atoms with Crippen molar-refractivity contribution in [1.82, 2.24) is 0 Å². The molecule has 0 radical (unpaired) electrons. The number of benzene rings is 4. The molecule has 0 unspecified atom stereocenters. The van der Waals surface area contributed by atoms with Crippen molar-refractivity contribution in [2.75, 3.05) is 0 Å². The molecule has 30 heavy (non-hydrogen) atoms. The average Bonchev–Trinajstić information content (AvgIpc) is 2.79. The molecule has 0 aromatic heterocycles. The van der Waals surface area contributed by atoms with E-state index in [9.17, 15) is 4.79 Å². The molecule has 4 aromatic rings. The third kappa shape index (κ3) is 4.55. The maximum Gasteiger partial charge on any atom is 0.159 e. The molecule has 0 spiro atoms. The van der Waals surface area contributed by atoms with Crippen LogP contribution >= 0.6 is 7.26 Å². The summed E-state index contributed by atoms with van der Waals surface area (Å²) in [5.74, 6) is 0.104. The fraction of sp³-hybridized carbons (Fsp3) is 0.0741. The summed E-state index contributed by atoms with van der Waals surface area (Å²) in [6.07, 6.45) is 0.920. The molecule has 0 saturated carbocycles. The summed E-state index contributed by atoms with van der Waals surface area (Å²) in [6, 6.07) is 40.7. The maximum absolute atomic E-state index is 11.7. The van der Waals surface area contributed by atoms with E-state index in [0.717, 1.165) is 11.7 Å². The lowest BCUT2D eigenvalue weighted by atomic mass is 10.1. The molecule has 0 amide bonds. The van der Waals surface area contributed by atoms with Gasteiger partial charge in [0.1, 0.15) is 23.2 Å². The zero-order valence-electron chi connectivity index (χ0n) is 16.9. The standard InChI is InChI=1S/C27H24OP.HI/c1-22(28)24-19-17-23(18-20-24)21-29(25-11-5-2-6-12-25,26-13-7-3-8-14-26)27-15-9-4-10-16-27;/h2-20H,21H2,1H3;1H/q+1;/p-1. The third-order valence-corrected chi connectivity index (χ3v) is 9.75. The van der Waals surface area contributed by atoms with Gasteiger partial charge in [0.15, 0.2) is 5.78 Å². The van der Waals surface area contributed by atoms with Crippen LogP contribution in [0.3, 0.4) is 0 Å². The van der Waals surface area contributed by atoms with Crippen LogP contribution in [0.25, 0.3) is 0 Å². The smallest absolute Gasteiger partial charge is 0.159 e. The Bertz CT molecular complexity index is 981. The van der Waals surface area contributed by atoms with Crippen molar-refractivity contribution >= 4 is 29.0 Å². The highest BCUT2D eigenvalue weighted by Crippen LogP contribution is 2.58. The third-order valence-electron chi connectivity index (χ3n) is 5.37. The van der Waals surface area contributed by atoms with E-state index in [2.05, 4.69) is 103 Å². The molecular formula is C27H24IOP. The van der Waals surface area contributed by atoms with Gasteiger partial charge in [-0.25, -0.2) is 0 Å². The molecule has 4 aromatic carbocycles. The molecule has 0 fully saturated rings. The molecule has 150 valence electrons. The van der Waals surface area contributed by atoms with E-state index < -0.39 is 7.26 Å². The van der Waals surface area contributed by atoms with Gasteiger partial charge in [-0.05, 0) is 48.9 Å². The first-order valence-corrected chi connectivity index (χ1v) is 11.8. The van der Waals surface area contributed by atoms with Gasteiger partial charge in [-0.15, -0.1) is 0 Å². The largest absolute Gasteiger partial charge is 1.00 e.